The summed E-state index contributed by atoms with van der Waals surface area (Å²) in [5, 5.41) is 22.2. The highest BCUT2D eigenvalue weighted by Gasteiger charge is 2.70. The number of nitrogens with one attached hydrogen (secondary N) is 1. The van der Waals surface area contributed by atoms with Crippen molar-refractivity contribution >= 4 is 52.6 Å². The van der Waals surface area contributed by atoms with Gasteiger partial charge in [0.1, 0.15) is 5.75 Å². The lowest BCUT2D eigenvalue weighted by molar-refractivity contribution is -0.141. The lowest BCUT2D eigenvalue weighted by atomic mass is 9.49. The van der Waals surface area contributed by atoms with Crippen LogP contribution < -0.4 is 10.2 Å². The minimum atomic E-state index is -4.77. The van der Waals surface area contributed by atoms with Crippen LogP contribution in [0.25, 0.3) is 0 Å². The number of benzene rings is 3. The zero-order valence-corrected chi connectivity index (χ0v) is 32.2. The number of nitrogens with zero attached hydrogens (tertiary/aromatic N) is 3. The SMILES string of the molecule is CCOc1cccc([C@H]2C3=CC[C@@H]4C(=O)N(CCc5ccc(O)cc5)C(=O)[C@@H]4[C@@H]3C[C@H]3C(=O)N(Nc4ncc(C(F)(F)F)cc4Cl)C(=O)[C@@]23c2ccc(Cl)cc2)c1O. The number of likely N-dealkylation sites (tertiary alicyclic amines) is 1. The Labute approximate surface area is 340 Å². The number of aromatic nitrogens is 1. The van der Waals surface area contributed by atoms with Gasteiger partial charge in [-0.3, -0.25) is 29.5 Å². The average Bonchev–Trinajstić information content (AvgIpc) is 3.56. The molecule has 0 spiro atoms. The highest BCUT2D eigenvalue weighted by molar-refractivity contribution is 6.33. The first-order valence-electron chi connectivity index (χ1n) is 18.6. The van der Waals surface area contributed by atoms with Gasteiger partial charge in [-0.25, -0.2) is 4.98 Å². The number of aromatic hydroxyl groups is 2. The third-order valence-corrected chi connectivity index (χ3v) is 12.4. The summed E-state index contributed by atoms with van der Waals surface area (Å²) in [6.07, 6.45) is -2.03. The topological polar surface area (TPSA) is 149 Å². The summed E-state index contributed by atoms with van der Waals surface area (Å²) in [6.45, 7) is 2.00. The smallest absolute Gasteiger partial charge is 0.417 e. The monoisotopic (exact) mass is 834 g/mol. The van der Waals surface area contributed by atoms with Crippen LogP contribution in [0.5, 0.6) is 17.2 Å². The lowest BCUT2D eigenvalue weighted by Crippen LogP contribution is -2.53. The van der Waals surface area contributed by atoms with Crippen molar-refractivity contribution in [1.82, 2.24) is 14.9 Å². The number of anilines is 1. The summed E-state index contributed by atoms with van der Waals surface area (Å²) in [5.74, 6) is -7.72. The number of hydrazine groups is 1. The molecule has 0 radical (unpaired) electrons. The molecule has 1 aromatic heterocycles. The van der Waals surface area contributed by atoms with E-state index in [9.17, 15) is 37.8 Å². The molecule has 3 heterocycles. The van der Waals surface area contributed by atoms with Crippen molar-refractivity contribution in [2.75, 3.05) is 18.6 Å². The van der Waals surface area contributed by atoms with Crippen molar-refractivity contribution in [3.63, 3.8) is 0 Å². The van der Waals surface area contributed by atoms with E-state index in [-0.39, 0.29) is 54.7 Å². The highest BCUT2D eigenvalue weighted by atomic mass is 35.5. The Kier molecular flexibility index (Phi) is 9.91. The number of hydrogen-bond acceptors (Lipinski definition) is 9. The van der Waals surface area contributed by atoms with Gasteiger partial charge in [-0.1, -0.05) is 71.2 Å². The number of carbonyl (C=O) groups excluding carboxylic acids is 4. The van der Waals surface area contributed by atoms with Crippen molar-refractivity contribution in [3.05, 3.63) is 123 Å². The molecule has 11 nitrogen and oxygen atoms in total. The Bertz CT molecular complexity index is 2380. The lowest BCUT2D eigenvalue weighted by Gasteiger charge is -2.50. The number of allylic oxidation sites excluding steroid dienone is 2. The molecule has 0 unspecified atom stereocenters. The Hall–Kier alpha value is -5.60. The van der Waals surface area contributed by atoms with Gasteiger partial charge in [0.25, 0.3) is 11.8 Å². The fourth-order valence-corrected chi connectivity index (χ4v) is 9.70. The normalized spacial score (nSPS) is 25.3. The number of rotatable bonds is 9. The number of amides is 4. The van der Waals surface area contributed by atoms with Crippen LogP contribution in [0.4, 0.5) is 19.0 Å². The zero-order chi connectivity index (χ0) is 41.3. The van der Waals surface area contributed by atoms with Crippen molar-refractivity contribution < 1.29 is 47.3 Å². The van der Waals surface area contributed by atoms with E-state index in [1.54, 1.807) is 61.5 Å². The Balaban J connectivity index is 1.27. The maximum Gasteiger partial charge on any atom is 0.417 e. The summed E-state index contributed by atoms with van der Waals surface area (Å²) < 4.78 is 46.3. The van der Waals surface area contributed by atoms with Gasteiger partial charge in [0, 0.05) is 29.2 Å². The summed E-state index contributed by atoms with van der Waals surface area (Å²) in [6, 6.07) is 18.2. The number of hydrogen-bond donors (Lipinski definition) is 3. The number of fused-ring (bicyclic) bond motifs is 4. The van der Waals surface area contributed by atoms with Gasteiger partial charge in [-0.2, -0.15) is 18.2 Å². The third-order valence-electron chi connectivity index (χ3n) is 11.9. The Morgan fingerprint density at radius 1 is 0.948 bits per heavy atom. The summed E-state index contributed by atoms with van der Waals surface area (Å²) in [4.78, 5) is 63.8. The molecule has 2 aliphatic carbocycles. The van der Waals surface area contributed by atoms with Gasteiger partial charge in [0.2, 0.25) is 11.8 Å². The number of ether oxygens (including phenoxy) is 1. The third kappa shape index (κ3) is 6.24. The molecule has 4 aliphatic rings. The van der Waals surface area contributed by atoms with Crippen molar-refractivity contribution in [1.29, 1.82) is 0 Å². The molecular formula is C42H35Cl2F3N4O7. The van der Waals surface area contributed by atoms with Crippen LogP contribution in [0.15, 0.2) is 90.6 Å². The Morgan fingerprint density at radius 3 is 2.34 bits per heavy atom. The fourth-order valence-electron chi connectivity index (χ4n) is 9.36. The molecule has 4 aromatic rings. The maximum absolute atomic E-state index is 15.4. The quantitative estimate of drug-likeness (QED) is 0.116. The molecule has 0 bridgehead atoms. The maximum atomic E-state index is 15.4. The van der Waals surface area contributed by atoms with E-state index in [1.165, 1.54) is 17.0 Å². The van der Waals surface area contributed by atoms with Crippen LogP contribution in [0.2, 0.25) is 10.0 Å². The molecule has 6 atom stereocenters. The van der Waals surface area contributed by atoms with Gasteiger partial charge >= 0.3 is 6.18 Å². The second-order valence-electron chi connectivity index (χ2n) is 14.8. The largest absolute Gasteiger partial charge is 0.508 e. The number of halogens is 5. The van der Waals surface area contributed by atoms with Gasteiger partial charge in [-0.15, -0.1) is 0 Å². The second-order valence-corrected chi connectivity index (χ2v) is 15.6. The molecule has 300 valence electrons. The molecule has 8 rings (SSSR count). The van der Waals surface area contributed by atoms with Gasteiger partial charge in [0.05, 0.1) is 40.4 Å². The molecule has 16 heteroatoms. The molecule has 3 N–H and O–H groups in total. The van der Waals surface area contributed by atoms with Crippen LogP contribution in [0.1, 0.15) is 47.9 Å². The number of alkyl halides is 3. The van der Waals surface area contributed by atoms with E-state index in [0.717, 1.165) is 5.56 Å². The molecule has 3 aromatic carbocycles. The standard InChI is InChI=1S/C42H35Cl2F3N4O7/c1-2-58-32-5-3-4-28(35(32)53)34-26-14-15-27-33(39(56)50(37(27)54)17-16-21-6-12-25(52)13-7-21)29(26)19-30-38(55)51(40(57)41(30,34)22-8-10-24(43)11-9-22)49-36-31(44)18-23(20-48-36)42(45,46)47/h3-14,18,20,27,29-30,33-34,52-53H,2,15-17,19H2,1H3,(H,48,49)/t27-,29+,30-,33-,34+,41+/m0/s1. The number of carbonyl (C=O) groups is 4. The van der Waals surface area contributed by atoms with E-state index in [0.29, 0.717) is 39.9 Å². The molecule has 1 saturated carbocycles. The van der Waals surface area contributed by atoms with Crippen molar-refractivity contribution in [2.24, 2.45) is 23.7 Å². The van der Waals surface area contributed by atoms with Gasteiger partial charge in [-0.05, 0) is 79.6 Å². The molecule has 4 amide bonds. The van der Waals surface area contributed by atoms with E-state index >= 15 is 4.79 Å². The number of pyridine rings is 1. The number of para-hydroxylation sites is 1. The van der Waals surface area contributed by atoms with E-state index in [1.807, 2.05) is 6.08 Å². The Morgan fingerprint density at radius 2 is 1.67 bits per heavy atom. The van der Waals surface area contributed by atoms with Crippen LogP contribution in [0, 0.1) is 23.7 Å². The minimum absolute atomic E-state index is 0.0757. The molecule has 2 saturated heterocycles. The van der Waals surface area contributed by atoms with Crippen LogP contribution in [0.3, 0.4) is 0 Å². The van der Waals surface area contributed by atoms with Crippen molar-refractivity contribution in [2.45, 2.75) is 43.7 Å². The average molecular weight is 836 g/mol. The molecule has 58 heavy (non-hydrogen) atoms. The van der Waals surface area contributed by atoms with Crippen LogP contribution in [-0.2, 0) is 37.2 Å². The predicted molar refractivity (Wildman–Crippen MR) is 205 cm³/mol. The van der Waals surface area contributed by atoms with Gasteiger partial charge in [0.15, 0.2) is 17.3 Å². The fraction of sp³-hybridized carbons (Fsp3) is 0.310. The van der Waals surface area contributed by atoms with Crippen molar-refractivity contribution in [3.8, 4) is 17.2 Å². The summed E-state index contributed by atoms with van der Waals surface area (Å²) >= 11 is 12.6. The van der Waals surface area contributed by atoms with E-state index < -0.39 is 75.3 Å². The number of phenols is 2. The molecule has 2 aliphatic heterocycles. The van der Waals surface area contributed by atoms with E-state index in [2.05, 4.69) is 10.4 Å². The van der Waals surface area contributed by atoms with Crippen LogP contribution >= 0.6 is 23.2 Å². The summed E-state index contributed by atoms with van der Waals surface area (Å²) in [7, 11) is 0. The predicted octanol–water partition coefficient (Wildman–Crippen LogP) is 7.44. The van der Waals surface area contributed by atoms with Gasteiger partial charge < -0.3 is 14.9 Å². The first kappa shape index (κ1) is 39.2. The first-order chi connectivity index (χ1) is 27.7. The summed E-state index contributed by atoms with van der Waals surface area (Å²) in [5.41, 5.74) is 1.54. The zero-order valence-electron chi connectivity index (χ0n) is 30.7. The number of imide groups is 2. The molecule has 3 fully saturated rings. The number of phenolic OH excluding ortho intramolecular Hbond substituents is 2. The second kappa shape index (κ2) is 14.7. The minimum Gasteiger partial charge on any atom is -0.508 e. The first-order valence-corrected chi connectivity index (χ1v) is 19.3. The highest BCUT2D eigenvalue weighted by Crippen LogP contribution is 2.65. The van der Waals surface area contributed by atoms with Crippen LogP contribution in [-0.4, -0.2) is 61.9 Å². The molecular weight excluding hydrogens is 800 g/mol. The van der Waals surface area contributed by atoms with E-state index in [4.69, 9.17) is 27.9 Å².